The van der Waals surface area contributed by atoms with Crippen LogP contribution in [0.4, 0.5) is 5.82 Å². The summed E-state index contributed by atoms with van der Waals surface area (Å²) >= 11 is 7.23. The highest BCUT2D eigenvalue weighted by molar-refractivity contribution is 7.99. The number of anilines is 1. The lowest BCUT2D eigenvalue weighted by Crippen LogP contribution is -2.15. The number of nitrogens with one attached hydrogen (secondary N) is 1. The number of aryl methyl sites for hydroxylation is 2. The van der Waals surface area contributed by atoms with Gasteiger partial charge in [-0.05, 0) is 26.0 Å². The van der Waals surface area contributed by atoms with Crippen LogP contribution in [0.25, 0.3) is 0 Å². The zero-order valence-electron chi connectivity index (χ0n) is 11.1. The van der Waals surface area contributed by atoms with Gasteiger partial charge in [0.05, 0.1) is 16.5 Å². The van der Waals surface area contributed by atoms with E-state index in [0.717, 1.165) is 17.0 Å². The first-order valence-corrected chi connectivity index (χ1v) is 7.50. The highest BCUT2D eigenvalue weighted by Crippen LogP contribution is 2.19. The van der Waals surface area contributed by atoms with Gasteiger partial charge in [0.25, 0.3) is 0 Å². The molecular formula is C13H14ClN3O2S. The molecule has 0 aliphatic carbocycles. The molecule has 0 spiro atoms. The van der Waals surface area contributed by atoms with E-state index in [0.29, 0.717) is 22.3 Å². The van der Waals surface area contributed by atoms with E-state index in [1.807, 2.05) is 13.8 Å². The number of carbonyl (C=O) groups excluding carboxylic acids is 1. The average Bonchev–Trinajstić information content (AvgIpc) is 2.73. The molecule has 0 aliphatic heterocycles. The van der Waals surface area contributed by atoms with Crippen LogP contribution in [-0.4, -0.2) is 21.8 Å². The van der Waals surface area contributed by atoms with E-state index in [1.54, 1.807) is 12.1 Å². The van der Waals surface area contributed by atoms with Crippen LogP contribution in [0, 0.1) is 13.8 Å². The van der Waals surface area contributed by atoms with Crippen molar-refractivity contribution >= 4 is 35.1 Å². The minimum absolute atomic E-state index is 0.100. The Hall–Kier alpha value is -1.53. The number of amides is 1. The van der Waals surface area contributed by atoms with Gasteiger partial charge in [-0.3, -0.25) is 4.79 Å². The quantitative estimate of drug-likeness (QED) is 0.918. The van der Waals surface area contributed by atoms with E-state index in [-0.39, 0.29) is 5.91 Å². The largest absolute Gasteiger partial charge is 0.361 e. The van der Waals surface area contributed by atoms with E-state index in [9.17, 15) is 4.79 Å². The van der Waals surface area contributed by atoms with Crippen molar-refractivity contribution < 1.29 is 9.32 Å². The number of carbonyl (C=O) groups is 1. The number of hydrogen-bond donors (Lipinski definition) is 1. The number of halogens is 1. The molecule has 1 N–H and O–H groups in total. The molecule has 0 atom stereocenters. The first-order valence-electron chi connectivity index (χ1n) is 5.97. The van der Waals surface area contributed by atoms with Gasteiger partial charge in [0.1, 0.15) is 11.6 Å². The number of pyridine rings is 1. The van der Waals surface area contributed by atoms with E-state index < -0.39 is 0 Å². The predicted octanol–water partition coefficient (Wildman–Crippen LogP) is 3.21. The molecular weight excluding hydrogens is 298 g/mol. The molecule has 2 heterocycles. The average molecular weight is 312 g/mol. The zero-order valence-corrected chi connectivity index (χ0v) is 12.7. The normalized spacial score (nSPS) is 10.6. The molecule has 2 rings (SSSR count). The van der Waals surface area contributed by atoms with Crippen LogP contribution < -0.4 is 5.32 Å². The second kappa shape index (κ2) is 6.76. The first-order chi connectivity index (χ1) is 9.56. The van der Waals surface area contributed by atoms with Crippen LogP contribution in [0.2, 0.25) is 5.02 Å². The Labute approximate surface area is 126 Å². The Bertz CT molecular complexity index is 579. The zero-order chi connectivity index (χ0) is 14.5. The van der Waals surface area contributed by atoms with Gasteiger partial charge < -0.3 is 9.84 Å². The summed E-state index contributed by atoms with van der Waals surface area (Å²) in [6, 6.07) is 3.35. The molecule has 0 aromatic carbocycles. The molecule has 0 saturated carbocycles. The lowest BCUT2D eigenvalue weighted by molar-refractivity contribution is -0.113. The van der Waals surface area contributed by atoms with Crippen molar-refractivity contribution in [2.24, 2.45) is 0 Å². The fourth-order valence-corrected chi connectivity index (χ4v) is 2.67. The molecule has 0 aliphatic rings. The van der Waals surface area contributed by atoms with E-state index in [1.165, 1.54) is 18.0 Å². The van der Waals surface area contributed by atoms with Crippen LogP contribution >= 0.6 is 23.4 Å². The third-order valence-corrected chi connectivity index (χ3v) is 3.84. The lowest BCUT2D eigenvalue weighted by Gasteiger charge is -2.04. The minimum Gasteiger partial charge on any atom is -0.361 e. The van der Waals surface area contributed by atoms with Gasteiger partial charge in [-0.25, -0.2) is 4.98 Å². The van der Waals surface area contributed by atoms with Crippen LogP contribution in [0.1, 0.15) is 17.0 Å². The van der Waals surface area contributed by atoms with E-state index >= 15 is 0 Å². The molecule has 7 heteroatoms. The highest BCUT2D eigenvalue weighted by atomic mass is 35.5. The topological polar surface area (TPSA) is 68.0 Å². The maximum atomic E-state index is 11.8. The Morgan fingerprint density at radius 2 is 2.25 bits per heavy atom. The Kier molecular flexibility index (Phi) is 5.03. The summed E-state index contributed by atoms with van der Waals surface area (Å²) in [6.45, 7) is 3.76. The third-order valence-electron chi connectivity index (χ3n) is 2.66. The summed E-state index contributed by atoms with van der Waals surface area (Å²) in [5, 5.41) is 7.13. The van der Waals surface area contributed by atoms with Crippen molar-refractivity contribution in [2.45, 2.75) is 19.6 Å². The molecule has 0 fully saturated rings. The SMILES string of the molecule is Cc1noc(C)c1CSCC(=O)Nc1ccc(Cl)cn1. The van der Waals surface area contributed by atoms with E-state index in [2.05, 4.69) is 15.5 Å². The summed E-state index contributed by atoms with van der Waals surface area (Å²) in [7, 11) is 0. The number of thioether (sulfide) groups is 1. The van der Waals surface area contributed by atoms with Crippen molar-refractivity contribution in [1.82, 2.24) is 10.1 Å². The first kappa shape index (κ1) is 14.9. The van der Waals surface area contributed by atoms with Gasteiger partial charge in [-0.2, -0.15) is 0 Å². The van der Waals surface area contributed by atoms with Crippen LogP contribution in [-0.2, 0) is 10.5 Å². The van der Waals surface area contributed by atoms with Crippen molar-refractivity contribution in [1.29, 1.82) is 0 Å². The lowest BCUT2D eigenvalue weighted by atomic mass is 10.2. The van der Waals surface area contributed by atoms with Crippen LogP contribution in [0.3, 0.4) is 0 Å². The van der Waals surface area contributed by atoms with Crippen LogP contribution in [0.15, 0.2) is 22.9 Å². The number of nitrogens with zero attached hydrogens (tertiary/aromatic N) is 2. The van der Waals surface area contributed by atoms with Gasteiger partial charge in [0, 0.05) is 17.5 Å². The summed E-state index contributed by atoms with van der Waals surface area (Å²) in [5.74, 6) is 2.24. The molecule has 0 radical (unpaired) electrons. The third kappa shape index (κ3) is 3.98. The summed E-state index contributed by atoms with van der Waals surface area (Å²) < 4.78 is 5.07. The second-order valence-corrected chi connectivity index (χ2v) is 5.63. The summed E-state index contributed by atoms with van der Waals surface area (Å²) in [5.41, 5.74) is 1.92. The van der Waals surface area contributed by atoms with Gasteiger partial charge in [-0.15, -0.1) is 11.8 Å². The summed E-state index contributed by atoms with van der Waals surface area (Å²) in [4.78, 5) is 15.8. The van der Waals surface area contributed by atoms with Crippen molar-refractivity contribution in [3.8, 4) is 0 Å². The molecule has 106 valence electrons. The van der Waals surface area contributed by atoms with E-state index in [4.69, 9.17) is 16.1 Å². The number of hydrogen-bond acceptors (Lipinski definition) is 5. The fourth-order valence-electron chi connectivity index (χ4n) is 1.58. The minimum atomic E-state index is -0.100. The molecule has 1 amide bonds. The molecule has 2 aromatic heterocycles. The van der Waals surface area contributed by atoms with Crippen LogP contribution in [0.5, 0.6) is 0 Å². The molecule has 0 unspecified atom stereocenters. The Balaban J connectivity index is 1.79. The van der Waals surface area contributed by atoms with Gasteiger partial charge >= 0.3 is 0 Å². The highest BCUT2D eigenvalue weighted by Gasteiger charge is 2.10. The molecule has 0 bridgehead atoms. The van der Waals surface area contributed by atoms with Crippen molar-refractivity contribution in [3.05, 3.63) is 40.4 Å². The van der Waals surface area contributed by atoms with Gasteiger partial charge in [-0.1, -0.05) is 16.8 Å². The maximum Gasteiger partial charge on any atom is 0.235 e. The van der Waals surface area contributed by atoms with Crippen molar-refractivity contribution in [3.63, 3.8) is 0 Å². The molecule has 2 aromatic rings. The maximum absolute atomic E-state index is 11.8. The molecule has 20 heavy (non-hydrogen) atoms. The smallest absolute Gasteiger partial charge is 0.235 e. The Morgan fingerprint density at radius 1 is 1.45 bits per heavy atom. The predicted molar refractivity (Wildman–Crippen MR) is 80.0 cm³/mol. The standard InChI is InChI=1S/C13H14ClN3O2S/c1-8-11(9(2)19-17-8)6-20-7-13(18)16-12-4-3-10(14)5-15-12/h3-5H,6-7H2,1-2H3,(H,15,16,18). The monoisotopic (exact) mass is 311 g/mol. The van der Waals surface area contributed by atoms with Crippen molar-refractivity contribution in [2.75, 3.05) is 11.1 Å². The number of aromatic nitrogens is 2. The second-order valence-electron chi connectivity index (χ2n) is 4.21. The Morgan fingerprint density at radius 3 is 2.85 bits per heavy atom. The summed E-state index contributed by atoms with van der Waals surface area (Å²) in [6.07, 6.45) is 1.49. The number of rotatable bonds is 5. The van der Waals surface area contributed by atoms with Gasteiger partial charge in [0.15, 0.2) is 0 Å². The van der Waals surface area contributed by atoms with Gasteiger partial charge in [0.2, 0.25) is 5.91 Å². The molecule has 5 nitrogen and oxygen atoms in total. The molecule has 0 saturated heterocycles. The fraction of sp³-hybridized carbons (Fsp3) is 0.308.